The van der Waals surface area contributed by atoms with E-state index in [1.54, 1.807) is 6.92 Å². The van der Waals surface area contributed by atoms with E-state index in [4.69, 9.17) is 10.5 Å². The van der Waals surface area contributed by atoms with Gasteiger partial charge in [-0.1, -0.05) is 0 Å². The molecule has 2 aromatic rings. The van der Waals surface area contributed by atoms with Gasteiger partial charge in [0.1, 0.15) is 17.7 Å². The molecule has 32 heavy (non-hydrogen) atoms. The number of ether oxygens (including phenoxy) is 1. The van der Waals surface area contributed by atoms with Crippen molar-refractivity contribution < 1.29 is 35.1 Å². The van der Waals surface area contributed by atoms with Crippen LogP contribution >= 0.6 is 0 Å². The number of halogens is 5. The van der Waals surface area contributed by atoms with Crippen molar-refractivity contribution >= 4 is 10.0 Å². The van der Waals surface area contributed by atoms with Crippen molar-refractivity contribution in [1.29, 1.82) is 0 Å². The third kappa shape index (κ3) is 4.02. The van der Waals surface area contributed by atoms with E-state index in [1.807, 2.05) is 0 Å². The minimum Gasteiger partial charge on any atom is -0.357 e. The highest BCUT2D eigenvalue weighted by atomic mass is 32.2. The van der Waals surface area contributed by atoms with E-state index in [9.17, 15) is 30.4 Å². The summed E-state index contributed by atoms with van der Waals surface area (Å²) in [7, 11) is -3.74. The summed E-state index contributed by atoms with van der Waals surface area (Å²) in [4.78, 5) is 1.44. The fourth-order valence-electron chi connectivity index (χ4n) is 4.45. The van der Waals surface area contributed by atoms with Gasteiger partial charge in [-0.15, -0.1) is 0 Å². The van der Waals surface area contributed by atoms with Crippen LogP contribution in [0.5, 0.6) is 0 Å². The van der Waals surface area contributed by atoms with E-state index in [1.165, 1.54) is 4.90 Å². The number of alkyl halides is 3. The van der Waals surface area contributed by atoms with Crippen LogP contribution in [0, 0.1) is 18.6 Å². The lowest BCUT2D eigenvalue weighted by molar-refractivity contribution is -0.269. The van der Waals surface area contributed by atoms with Gasteiger partial charge in [-0.2, -0.15) is 22.4 Å². The molecule has 176 valence electrons. The van der Waals surface area contributed by atoms with E-state index in [0.29, 0.717) is 11.3 Å². The molecule has 4 atom stereocenters. The molecule has 4 rings (SSSR count). The molecule has 2 N–H and O–H groups in total. The van der Waals surface area contributed by atoms with Crippen molar-refractivity contribution in [3.05, 3.63) is 52.3 Å². The molecule has 2 aliphatic rings. The number of fused-ring (bicyclic) bond motifs is 1. The maximum atomic E-state index is 14.2. The van der Waals surface area contributed by atoms with Crippen molar-refractivity contribution in [2.75, 3.05) is 6.26 Å². The summed E-state index contributed by atoms with van der Waals surface area (Å²) in [5.41, 5.74) is 6.93. The molecule has 1 aromatic carbocycles. The predicted molar refractivity (Wildman–Crippen MR) is 103 cm³/mol. The zero-order valence-electron chi connectivity index (χ0n) is 17.1. The second kappa shape index (κ2) is 7.75. The number of aryl methyl sites for hydroxylation is 1. The number of nitrogens with two attached hydrogens (primary N) is 1. The predicted octanol–water partition coefficient (Wildman–Crippen LogP) is 2.38. The number of nitrogens with zero attached hydrogens (tertiary/aromatic N) is 3. The van der Waals surface area contributed by atoms with E-state index >= 15 is 0 Å². The molecule has 3 heterocycles. The first-order chi connectivity index (χ1) is 14.8. The van der Waals surface area contributed by atoms with Crippen molar-refractivity contribution in [2.24, 2.45) is 5.73 Å². The molecule has 13 heteroatoms. The van der Waals surface area contributed by atoms with Gasteiger partial charge in [-0.05, 0) is 31.5 Å². The third-order valence-electron chi connectivity index (χ3n) is 5.89. The van der Waals surface area contributed by atoms with Crippen LogP contribution in [-0.4, -0.2) is 53.1 Å². The normalized spacial score (nSPS) is 27.0. The maximum absolute atomic E-state index is 14.2. The average molecular weight is 480 g/mol. The van der Waals surface area contributed by atoms with Gasteiger partial charge in [-0.25, -0.2) is 17.2 Å². The molecule has 0 saturated carbocycles. The summed E-state index contributed by atoms with van der Waals surface area (Å²) in [6, 6.07) is 0.144. The van der Waals surface area contributed by atoms with Crippen LogP contribution in [0.2, 0.25) is 0 Å². The summed E-state index contributed by atoms with van der Waals surface area (Å²) in [6.45, 7) is 1.51. The highest BCUT2D eigenvalue weighted by Crippen LogP contribution is 2.43. The number of aromatic nitrogens is 2. The van der Waals surface area contributed by atoms with Gasteiger partial charge in [0.25, 0.3) is 10.0 Å². The van der Waals surface area contributed by atoms with E-state index in [0.717, 1.165) is 28.5 Å². The summed E-state index contributed by atoms with van der Waals surface area (Å²) < 4.78 is 99.9. The molecule has 1 saturated heterocycles. The summed E-state index contributed by atoms with van der Waals surface area (Å²) in [5, 5.41) is 3.98. The smallest absolute Gasteiger partial charge is 0.357 e. The molecule has 0 unspecified atom stereocenters. The van der Waals surface area contributed by atoms with Crippen LogP contribution in [0.3, 0.4) is 0 Å². The Balaban J connectivity index is 1.66. The molecule has 0 bridgehead atoms. The van der Waals surface area contributed by atoms with E-state index in [-0.39, 0.29) is 30.8 Å². The van der Waals surface area contributed by atoms with Gasteiger partial charge < -0.3 is 10.5 Å². The number of hydrogen-bond donors (Lipinski definition) is 1. The second-order valence-electron chi connectivity index (χ2n) is 8.17. The first kappa shape index (κ1) is 23.1. The minimum atomic E-state index is -4.82. The van der Waals surface area contributed by atoms with Gasteiger partial charge >= 0.3 is 6.18 Å². The quantitative estimate of drug-likeness (QED) is 0.679. The Hall–Kier alpha value is -2.09. The fraction of sp³-hybridized carbons (Fsp3) is 0.526. The highest BCUT2D eigenvalue weighted by molar-refractivity contribution is 7.89. The molecule has 7 nitrogen and oxygen atoms in total. The molecule has 0 radical (unpaired) electrons. The Morgan fingerprint density at radius 2 is 1.91 bits per heavy atom. The van der Waals surface area contributed by atoms with Crippen LogP contribution in [0.1, 0.15) is 35.0 Å². The molecule has 0 amide bonds. The molecular formula is C19H21F5N4O3S. The summed E-state index contributed by atoms with van der Waals surface area (Å²) in [6.07, 6.45) is -7.91. The number of benzene rings is 1. The Morgan fingerprint density at radius 1 is 1.22 bits per heavy atom. The lowest BCUT2D eigenvalue weighted by Gasteiger charge is -2.44. The molecule has 1 aromatic heterocycles. The van der Waals surface area contributed by atoms with Crippen LogP contribution in [0.25, 0.3) is 0 Å². The van der Waals surface area contributed by atoms with E-state index < -0.39 is 52.1 Å². The molecule has 1 fully saturated rings. The average Bonchev–Trinajstić information content (AvgIpc) is 3.23. The van der Waals surface area contributed by atoms with Crippen molar-refractivity contribution in [3.63, 3.8) is 0 Å². The van der Waals surface area contributed by atoms with Gasteiger partial charge in [0.05, 0.1) is 17.6 Å². The highest BCUT2D eigenvalue weighted by Gasteiger charge is 2.54. The van der Waals surface area contributed by atoms with Crippen LogP contribution in [0.15, 0.2) is 18.2 Å². The first-order valence-corrected chi connectivity index (χ1v) is 11.6. The Morgan fingerprint density at radius 3 is 2.53 bits per heavy atom. The van der Waals surface area contributed by atoms with Crippen LogP contribution in [0.4, 0.5) is 22.0 Å². The standard InChI is InChI=1S/C19H21F5N4O3S/c1-9-12-7-27(8-16(12)28(26-9)32(2,29)30)15-6-14(25)17(31-18(15)19(22,23)24)11-5-10(20)3-4-13(11)21/h3-5,14-15,17-18H,6-8,25H2,1-2H3/t14-,15+,17+,18+/m0/s1. The monoisotopic (exact) mass is 480 g/mol. The molecule has 0 spiro atoms. The van der Waals surface area contributed by atoms with Gasteiger partial charge in [0.15, 0.2) is 6.10 Å². The number of hydrogen-bond acceptors (Lipinski definition) is 6. The Kier molecular flexibility index (Phi) is 5.59. The minimum absolute atomic E-state index is 0.0308. The zero-order valence-corrected chi connectivity index (χ0v) is 17.9. The van der Waals surface area contributed by atoms with Crippen LogP contribution in [-0.2, 0) is 27.8 Å². The summed E-state index contributed by atoms with van der Waals surface area (Å²) >= 11 is 0. The second-order valence-corrected chi connectivity index (χ2v) is 9.99. The molecule has 2 aliphatic heterocycles. The summed E-state index contributed by atoms with van der Waals surface area (Å²) in [5.74, 6) is -1.73. The number of rotatable bonds is 3. The maximum Gasteiger partial charge on any atom is 0.416 e. The largest absolute Gasteiger partial charge is 0.416 e. The lowest BCUT2D eigenvalue weighted by atomic mass is 9.89. The molecular weight excluding hydrogens is 459 g/mol. The topological polar surface area (TPSA) is 90.5 Å². The van der Waals surface area contributed by atoms with Crippen molar-refractivity contribution in [2.45, 2.75) is 56.9 Å². The van der Waals surface area contributed by atoms with Gasteiger partial charge in [0.2, 0.25) is 0 Å². The van der Waals surface area contributed by atoms with Gasteiger partial charge in [-0.3, -0.25) is 4.90 Å². The Bertz CT molecular complexity index is 1150. The van der Waals surface area contributed by atoms with Crippen molar-refractivity contribution in [3.8, 4) is 0 Å². The van der Waals surface area contributed by atoms with Gasteiger partial charge in [0, 0.05) is 36.3 Å². The first-order valence-electron chi connectivity index (χ1n) is 9.72. The fourth-order valence-corrected chi connectivity index (χ4v) is 5.29. The van der Waals surface area contributed by atoms with E-state index in [2.05, 4.69) is 5.10 Å². The molecule has 0 aliphatic carbocycles. The Labute approximate surface area is 181 Å². The SMILES string of the molecule is Cc1nn(S(C)(=O)=O)c2c1CN([C@@H]1C[C@H](N)[C@@H](c3cc(F)ccc3F)O[C@H]1C(F)(F)F)C2. The van der Waals surface area contributed by atoms with Crippen molar-refractivity contribution in [1.82, 2.24) is 14.1 Å². The lowest BCUT2D eigenvalue weighted by Crippen LogP contribution is -2.58. The van der Waals surface area contributed by atoms with Crippen LogP contribution < -0.4 is 5.73 Å². The zero-order chi connectivity index (χ0) is 23.6. The third-order valence-corrected chi connectivity index (χ3v) is 6.82.